The maximum atomic E-state index is 11.2. The lowest BCUT2D eigenvalue weighted by molar-refractivity contribution is -0.134. The van der Waals surface area contributed by atoms with Gasteiger partial charge in [-0.15, -0.1) is 0 Å². The lowest BCUT2D eigenvalue weighted by atomic mass is 10.2. The van der Waals surface area contributed by atoms with Crippen LogP contribution in [-0.2, 0) is 9.59 Å². The van der Waals surface area contributed by atoms with Gasteiger partial charge in [0.2, 0.25) is 11.8 Å². The monoisotopic (exact) mass is 170 g/mol. The molecule has 1 fully saturated rings. The Morgan fingerprint density at radius 1 is 1.58 bits per heavy atom. The van der Waals surface area contributed by atoms with Crippen LogP contribution in [0.5, 0.6) is 0 Å². The van der Waals surface area contributed by atoms with Crippen molar-refractivity contribution in [3.05, 3.63) is 0 Å². The molecule has 0 aromatic carbocycles. The van der Waals surface area contributed by atoms with Gasteiger partial charge in [-0.25, -0.2) is 0 Å². The van der Waals surface area contributed by atoms with Crippen LogP contribution in [0.25, 0.3) is 0 Å². The van der Waals surface area contributed by atoms with Crippen molar-refractivity contribution in [2.75, 3.05) is 13.1 Å². The Labute approximate surface area is 71.7 Å². The van der Waals surface area contributed by atoms with Gasteiger partial charge >= 0.3 is 0 Å². The van der Waals surface area contributed by atoms with E-state index in [1.54, 1.807) is 4.90 Å². The van der Waals surface area contributed by atoms with Crippen LogP contribution in [0.4, 0.5) is 0 Å². The fraction of sp³-hybridized carbons (Fsp3) is 0.750. The van der Waals surface area contributed by atoms with E-state index in [1.807, 2.05) is 0 Å². The Kier molecular flexibility index (Phi) is 2.68. The van der Waals surface area contributed by atoms with Gasteiger partial charge < -0.3 is 10.6 Å². The number of amides is 2. The Balaban J connectivity index is 2.38. The molecule has 1 rings (SSSR count). The Bertz CT molecular complexity index is 203. The van der Waals surface area contributed by atoms with Gasteiger partial charge in [-0.05, 0) is 12.3 Å². The maximum absolute atomic E-state index is 11.2. The average molecular weight is 170 g/mol. The van der Waals surface area contributed by atoms with Crippen molar-refractivity contribution in [3.63, 3.8) is 0 Å². The molecule has 2 N–H and O–H groups in total. The molecule has 0 aromatic heterocycles. The third kappa shape index (κ3) is 2.22. The van der Waals surface area contributed by atoms with E-state index in [0.29, 0.717) is 5.92 Å². The molecule has 0 aromatic rings. The molecular weight excluding hydrogens is 156 g/mol. The molecule has 1 aliphatic rings. The van der Waals surface area contributed by atoms with Gasteiger partial charge in [0.05, 0.1) is 0 Å². The zero-order valence-corrected chi connectivity index (χ0v) is 7.25. The molecule has 1 saturated heterocycles. The van der Waals surface area contributed by atoms with Crippen LogP contribution >= 0.6 is 0 Å². The second-order valence-electron chi connectivity index (χ2n) is 3.38. The highest BCUT2D eigenvalue weighted by Gasteiger charge is 2.23. The number of rotatable bonds is 2. The molecule has 0 saturated carbocycles. The SMILES string of the molecule is CC1CCN(C(=O)CC(N)=O)C1. The lowest BCUT2D eigenvalue weighted by Crippen LogP contribution is -2.32. The van der Waals surface area contributed by atoms with Crippen molar-refractivity contribution < 1.29 is 9.59 Å². The van der Waals surface area contributed by atoms with Crippen molar-refractivity contribution in [1.29, 1.82) is 0 Å². The zero-order valence-electron chi connectivity index (χ0n) is 7.25. The normalized spacial score (nSPS) is 22.8. The number of hydrogen-bond donors (Lipinski definition) is 1. The summed E-state index contributed by atoms with van der Waals surface area (Å²) in [6.45, 7) is 3.64. The number of primary amides is 1. The number of likely N-dealkylation sites (tertiary alicyclic amines) is 1. The van der Waals surface area contributed by atoms with Crippen LogP contribution in [0.15, 0.2) is 0 Å². The van der Waals surface area contributed by atoms with Gasteiger partial charge in [-0.2, -0.15) is 0 Å². The Hall–Kier alpha value is -1.06. The van der Waals surface area contributed by atoms with E-state index < -0.39 is 5.91 Å². The molecule has 4 nitrogen and oxygen atoms in total. The van der Waals surface area contributed by atoms with E-state index in [4.69, 9.17) is 5.73 Å². The van der Waals surface area contributed by atoms with E-state index >= 15 is 0 Å². The molecule has 0 radical (unpaired) electrons. The summed E-state index contributed by atoms with van der Waals surface area (Å²) in [4.78, 5) is 23.4. The Morgan fingerprint density at radius 2 is 2.25 bits per heavy atom. The van der Waals surface area contributed by atoms with E-state index in [9.17, 15) is 9.59 Å². The molecule has 1 atom stereocenters. The first-order valence-electron chi connectivity index (χ1n) is 4.15. The molecule has 2 amide bonds. The second-order valence-corrected chi connectivity index (χ2v) is 3.38. The van der Waals surface area contributed by atoms with E-state index in [0.717, 1.165) is 19.5 Å². The summed E-state index contributed by atoms with van der Waals surface area (Å²) in [5.74, 6) is -0.117. The third-order valence-electron chi connectivity index (χ3n) is 2.10. The van der Waals surface area contributed by atoms with Gasteiger partial charge in [0.15, 0.2) is 0 Å². The first-order chi connectivity index (χ1) is 5.59. The topological polar surface area (TPSA) is 63.4 Å². The minimum Gasteiger partial charge on any atom is -0.369 e. The second kappa shape index (κ2) is 3.56. The summed E-state index contributed by atoms with van der Waals surface area (Å²) in [5.41, 5.74) is 4.91. The summed E-state index contributed by atoms with van der Waals surface area (Å²) < 4.78 is 0. The first-order valence-corrected chi connectivity index (χ1v) is 4.15. The van der Waals surface area contributed by atoms with Crippen molar-refractivity contribution in [2.24, 2.45) is 11.7 Å². The van der Waals surface area contributed by atoms with Gasteiger partial charge in [0, 0.05) is 13.1 Å². The van der Waals surface area contributed by atoms with Gasteiger partial charge in [0.1, 0.15) is 6.42 Å². The fourth-order valence-corrected chi connectivity index (χ4v) is 1.42. The largest absolute Gasteiger partial charge is 0.369 e. The minimum absolute atomic E-state index is 0.133. The molecule has 68 valence electrons. The molecular formula is C8H14N2O2. The van der Waals surface area contributed by atoms with E-state index in [2.05, 4.69) is 6.92 Å². The van der Waals surface area contributed by atoms with Crippen molar-refractivity contribution in [2.45, 2.75) is 19.8 Å². The van der Waals surface area contributed by atoms with Crippen LogP contribution in [0, 0.1) is 5.92 Å². The van der Waals surface area contributed by atoms with Crippen LogP contribution in [-0.4, -0.2) is 29.8 Å². The number of nitrogens with two attached hydrogens (primary N) is 1. The van der Waals surface area contributed by atoms with Crippen LogP contribution in [0.1, 0.15) is 19.8 Å². The number of carbonyl (C=O) groups excluding carboxylic acids is 2. The highest BCUT2D eigenvalue weighted by atomic mass is 16.2. The summed E-state index contributed by atoms with van der Waals surface area (Å²) in [7, 11) is 0. The van der Waals surface area contributed by atoms with Crippen LogP contribution in [0.3, 0.4) is 0 Å². The van der Waals surface area contributed by atoms with Gasteiger partial charge in [-0.3, -0.25) is 9.59 Å². The third-order valence-corrected chi connectivity index (χ3v) is 2.10. The highest BCUT2D eigenvalue weighted by molar-refractivity contribution is 5.96. The summed E-state index contributed by atoms with van der Waals surface area (Å²) >= 11 is 0. The molecule has 12 heavy (non-hydrogen) atoms. The van der Waals surface area contributed by atoms with Crippen molar-refractivity contribution in [1.82, 2.24) is 4.90 Å². The molecule has 4 heteroatoms. The predicted molar refractivity (Wildman–Crippen MR) is 44.2 cm³/mol. The predicted octanol–water partition coefficient (Wildman–Crippen LogP) is -0.270. The summed E-state index contributed by atoms with van der Waals surface area (Å²) in [6.07, 6.45) is 0.886. The van der Waals surface area contributed by atoms with Gasteiger partial charge in [-0.1, -0.05) is 6.92 Å². The summed E-state index contributed by atoms with van der Waals surface area (Å²) in [6, 6.07) is 0. The van der Waals surface area contributed by atoms with Crippen LogP contribution < -0.4 is 5.73 Å². The van der Waals surface area contributed by atoms with Crippen molar-refractivity contribution >= 4 is 11.8 Å². The fourth-order valence-electron chi connectivity index (χ4n) is 1.42. The minimum atomic E-state index is -0.542. The smallest absolute Gasteiger partial charge is 0.232 e. The van der Waals surface area contributed by atoms with Crippen molar-refractivity contribution in [3.8, 4) is 0 Å². The number of hydrogen-bond acceptors (Lipinski definition) is 2. The molecule has 0 bridgehead atoms. The standard InChI is InChI=1S/C8H14N2O2/c1-6-2-3-10(5-6)8(12)4-7(9)11/h6H,2-5H2,1H3,(H2,9,11). The average Bonchev–Trinajstić information content (AvgIpc) is 2.34. The highest BCUT2D eigenvalue weighted by Crippen LogP contribution is 2.15. The first kappa shape index (κ1) is 9.03. The van der Waals surface area contributed by atoms with E-state index in [-0.39, 0.29) is 12.3 Å². The van der Waals surface area contributed by atoms with E-state index in [1.165, 1.54) is 0 Å². The van der Waals surface area contributed by atoms with Gasteiger partial charge in [0.25, 0.3) is 0 Å². The molecule has 0 aliphatic carbocycles. The molecule has 1 unspecified atom stereocenters. The number of carbonyl (C=O) groups is 2. The quantitative estimate of drug-likeness (QED) is 0.580. The zero-order chi connectivity index (χ0) is 9.14. The summed E-state index contributed by atoms with van der Waals surface area (Å²) in [5, 5.41) is 0. The molecule has 1 aliphatic heterocycles. The number of nitrogens with zero attached hydrogens (tertiary/aromatic N) is 1. The molecule has 0 spiro atoms. The Morgan fingerprint density at radius 3 is 2.67 bits per heavy atom. The maximum Gasteiger partial charge on any atom is 0.232 e. The van der Waals surface area contributed by atoms with Crippen LogP contribution in [0.2, 0.25) is 0 Å². The molecule has 1 heterocycles. The lowest BCUT2D eigenvalue weighted by Gasteiger charge is -2.14.